The van der Waals surface area contributed by atoms with Gasteiger partial charge in [-0.05, 0) is 18.6 Å². The van der Waals surface area contributed by atoms with Crippen LogP contribution in [0.15, 0.2) is 18.3 Å². The summed E-state index contributed by atoms with van der Waals surface area (Å²) in [6, 6.07) is 3.06. The van der Waals surface area contributed by atoms with E-state index < -0.39 is 18.5 Å². The number of rotatable bonds is 4. The van der Waals surface area contributed by atoms with E-state index in [1.165, 1.54) is 12.3 Å². The molecule has 0 saturated carbocycles. The summed E-state index contributed by atoms with van der Waals surface area (Å²) in [7, 11) is 0. The van der Waals surface area contributed by atoms with Crippen LogP contribution in [0.5, 0.6) is 0 Å². The van der Waals surface area contributed by atoms with Gasteiger partial charge in [0, 0.05) is 24.7 Å². The van der Waals surface area contributed by atoms with E-state index in [2.05, 4.69) is 22.1 Å². The second-order valence-corrected chi connectivity index (χ2v) is 3.91. The Labute approximate surface area is 114 Å². The lowest BCUT2D eigenvalue weighted by Gasteiger charge is -2.07. The first-order valence-corrected chi connectivity index (χ1v) is 5.92. The molecule has 0 fully saturated rings. The number of hydrogen-bond donors (Lipinski definition) is 2. The van der Waals surface area contributed by atoms with Crippen LogP contribution in [0, 0.1) is 11.8 Å². The highest BCUT2D eigenvalue weighted by Gasteiger charge is 2.26. The molecule has 0 aliphatic heterocycles. The maximum atomic E-state index is 11.9. The van der Waals surface area contributed by atoms with Gasteiger partial charge in [0.2, 0.25) is 0 Å². The van der Waals surface area contributed by atoms with E-state index in [4.69, 9.17) is 5.73 Å². The van der Waals surface area contributed by atoms with Crippen molar-refractivity contribution in [3.8, 4) is 11.8 Å². The van der Waals surface area contributed by atoms with E-state index in [9.17, 15) is 18.0 Å². The summed E-state index contributed by atoms with van der Waals surface area (Å²) in [6.07, 6.45) is -3.87. The highest BCUT2D eigenvalue weighted by Crippen LogP contribution is 2.20. The zero-order valence-electron chi connectivity index (χ0n) is 10.6. The van der Waals surface area contributed by atoms with Gasteiger partial charge in [0.1, 0.15) is 5.69 Å². The second-order valence-electron chi connectivity index (χ2n) is 3.91. The van der Waals surface area contributed by atoms with Crippen LogP contribution in [0.4, 0.5) is 13.2 Å². The van der Waals surface area contributed by atoms with E-state index >= 15 is 0 Å². The van der Waals surface area contributed by atoms with Gasteiger partial charge >= 0.3 is 6.18 Å². The summed E-state index contributed by atoms with van der Waals surface area (Å²) in [4.78, 5) is 15.5. The molecule has 1 heterocycles. The van der Waals surface area contributed by atoms with Gasteiger partial charge in [-0.2, -0.15) is 13.2 Å². The lowest BCUT2D eigenvalue weighted by molar-refractivity contribution is -0.135. The van der Waals surface area contributed by atoms with E-state index in [0.29, 0.717) is 5.56 Å². The Balaban J connectivity index is 2.44. The average Bonchev–Trinajstić information content (AvgIpc) is 2.40. The lowest BCUT2D eigenvalue weighted by Crippen LogP contribution is -2.26. The first-order chi connectivity index (χ1) is 9.42. The van der Waals surface area contributed by atoms with Gasteiger partial charge in [0.05, 0.1) is 6.54 Å². The van der Waals surface area contributed by atoms with Crippen LogP contribution in [-0.2, 0) is 0 Å². The van der Waals surface area contributed by atoms with E-state index in [1.807, 2.05) is 0 Å². The third-order valence-electron chi connectivity index (χ3n) is 2.25. The molecule has 1 aromatic heterocycles. The standard InChI is InChI=1S/C13H14F3N3O/c14-13(15,16)6-2-8-18-12(20)11-5-4-10(9-19-11)3-1-7-17/h4-5,9H,2,6-8,17H2,(H,18,20). The molecular formula is C13H14F3N3O. The van der Waals surface area contributed by atoms with Crippen LogP contribution >= 0.6 is 0 Å². The van der Waals surface area contributed by atoms with Crippen molar-refractivity contribution in [3.05, 3.63) is 29.6 Å². The number of nitrogens with zero attached hydrogens (tertiary/aromatic N) is 1. The lowest BCUT2D eigenvalue weighted by atomic mass is 10.2. The number of halogens is 3. The molecule has 0 atom stereocenters. The van der Waals surface area contributed by atoms with Gasteiger partial charge in [0.25, 0.3) is 5.91 Å². The Bertz CT molecular complexity index is 500. The number of alkyl halides is 3. The van der Waals surface area contributed by atoms with E-state index in [0.717, 1.165) is 0 Å². The molecule has 3 N–H and O–H groups in total. The molecule has 0 unspecified atom stereocenters. The Morgan fingerprint density at radius 3 is 2.70 bits per heavy atom. The third kappa shape index (κ3) is 6.20. The maximum Gasteiger partial charge on any atom is 0.389 e. The van der Waals surface area contributed by atoms with Crippen LogP contribution in [0.25, 0.3) is 0 Å². The monoisotopic (exact) mass is 285 g/mol. The first-order valence-electron chi connectivity index (χ1n) is 5.92. The molecule has 108 valence electrons. The number of pyridine rings is 1. The van der Waals surface area contributed by atoms with Crippen LogP contribution in [-0.4, -0.2) is 30.2 Å². The summed E-state index contributed by atoms with van der Waals surface area (Å²) in [6.45, 7) is 0.177. The van der Waals surface area contributed by atoms with Crippen LogP contribution in [0.3, 0.4) is 0 Å². The molecule has 1 aromatic rings. The maximum absolute atomic E-state index is 11.9. The third-order valence-corrected chi connectivity index (χ3v) is 2.25. The molecule has 0 saturated heterocycles. The average molecular weight is 285 g/mol. The molecule has 20 heavy (non-hydrogen) atoms. The molecule has 1 amide bonds. The minimum Gasteiger partial charge on any atom is -0.351 e. The van der Waals surface area contributed by atoms with Crippen molar-refractivity contribution < 1.29 is 18.0 Å². The van der Waals surface area contributed by atoms with Gasteiger partial charge in [-0.1, -0.05) is 11.8 Å². The van der Waals surface area contributed by atoms with Crippen molar-refractivity contribution in [1.82, 2.24) is 10.3 Å². The number of amides is 1. The van der Waals surface area contributed by atoms with Crippen molar-refractivity contribution in [2.24, 2.45) is 5.73 Å². The van der Waals surface area contributed by atoms with Crippen molar-refractivity contribution in [2.75, 3.05) is 13.1 Å². The van der Waals surface area contributed by atoms with Crippen LogP contribution < -0.4 is 11.1 Å². The highest BCUT2D eigenvalue weighted by atomic mass is 19.4. The molecule has 0 bridgehead atoms. The van der Waals surface area contributed by atoms with Crippen molar-refractivity contribution in [2.45, 2.75) is 19.0 Å². The molecule has 7 heteroatoms. The first kappa shape index (κ1) is 16.0. The highest BCUT2D eigenvalue weighted by molar-refractivity contribution is 5.92. The van der Waals surface area contributed by atoms with Crippen molar-refractivity contribution >= 4 is 5.91 Å². The molecule has 0 spiro atoms. The number of carbonyl (C=O) groups excluding carboxylic acids is 1. The van der Waals surface area contributed by atoms with Crippen molar-refractivity contribution in [1.29, 1.82) is 0 Å². The summed E-state index contributed by atoms with van der Waals surface area (Å²) in [5.41, 5.74) is 5.96. The van der Waals surface area contributed by atoms with Crippen molar-refractivity contribution in [3.63, 3.8) is 0 Å². The summed E-state index contributed by atoms with van der Waals surface area (Å²) in [5.74, 6) is 4.88. The van der Waals surface area contributed by atoms with E-state index in [-0.39, 0.29) is 25.2 Å². The molecule has 0 radical (unpaired) electrons. The molecular weight excluding hydrogens is 271 g/mol. The number of nitrogens with two attached hydrogens (primary N) is 1. The van der Waals surface area contributed by atoms with Gasteiger partial charge in [0.15, 0.2) is 0 Å². The number of nitrogens with one attached hydrogen (secondary N) is 1. The fourth-order valence-electron chi connectivity index (χ4n) is 1.34. The van der Waals surface area contributed by atoms with Crippen LogP contribution in [0.1, 0.15) is 28.9 Å². The predicted octanol–water partition coefficient (Wildman–Crippen LogP) is 1.46. The number of aromatic nitrogens is 1. The fourth-order valence-corrected chi connectivity index (χ4v) is 1.34. The summed E-state index contributed by atoms with van der Waals surface area (Å²) in [5, 5.41) is 2.38. The SMILES string of the molecule is NCC#Cc1ccc(C(=O)NCCCC(F)(F)F)nc1. The largest absolute Gasteiger partial charge is 0.389 e. The number of hydrogen-bond acceptors (Lipinski definition) is 3. The number of carbonyl (C=O) groups is 1. The molecule has 0 aliphatic carbocycles. The molecule has 4 nitrogen and oxygen atoms in total. The minimum absolute atomic E-state index is 0.0469. The zero-order chi connectivity index (χ0) is 15.0. The topological polar surface area (TPSA) is 68.0 Å². The van der Waals surface area contributed by atoms with E-state index in [1.54, 1.807) is 6.07 Å². The Hall–Kier alpha value is -2.07. The Morgan fingerprint density at radius 1 is 1.40 bits per heavy atom. The molecule has 1 rings (SSSR count). The van der Waals surface area contributed by atoms with Crippen LogP contribution in [0.2, 0.25) is 0 Å². The molecule has 0 aliphatic rings. The Morgan fingerprint density at radius 2 is 2.15 bits per heavy atom. The quantitative estimate of drug-likeness (QED) is 0.650. The van der Waals surface area contributed by atoms with Gasteiger partial charge in [-0.3, -0.25) is 4.79 Å². The van der Waals surface area contributed by atoms with Gasteiger partial charge < -0.3 is 11.1 Å². The predicted molar refractivity (Wildman–Crippen MR) is 67.8 cm³/mol. The zero-order valence-corrected chi connectivity index (χ0v) is 10.6. The fraction of sp³-hybridized carbons (Fsp3) is 0.385. The summed E-state index contributed by atoms with van der Waals surface area (Å²) < 4.78 is 35.7. The summed E-state index contributed by atoms with van der Waals surface area (Å²) >= 11 is 0. The Kier molecular flexibility index (Phi) is 6.00. The minimum atomic E-state index is -4.20. The smallest absolute Gasteiger partial charge is 0.351 e. The molecule has 0 aromatic carbocycles. The normalized spacial score (nSPS) is 10.6. The van der Waals surface area contributed by atoms with Gasteiger partial charge in [-0.15, -0.1) is 0 Å². The van der Waals surface area contributed by atoms with Gasteiger partial charge in [-0.25, -0.2) is 4.98 Å². The second kappa shape index (κ2) is 7.50.